The van der Waals surface area contributed by atoms with E-state index in [2.05, 4.69) is 0 Å². The molecule has 26 heavy (non-hydrogen) atoms. The Morgan fingerprint density at radius 1 is 1.00 bits per heavy atom. The summed E-state index contributed by atoms with van der Waals surface area (Å²) in [6, 6.07) is 7.34. The first-order valence-corrected chi connectivity index (χ1v) is 9.95. The summed E-state index contributed by atoms with van der Waals surface area (Å²) in [4.78, 5) is 27.4. The van der Waals surface area contributed by atoms with Crippen LogP contribution in [0.1, 0.15) is 40.2 Å². The summed E-state index contributed by atoms with van der Waals surface area (Å²) in [5, 5.41) is 0. The quantitative estimate of drug-likeness (QED) is 0.614. The van der Waals surface area contributed by atoms with Gasteiger partial charge in [-0.15, -0.1) is 11.8 Å². The van der Waals surface area contributed by atoms with Crippen molar-refractivity contribution in [3.63, 3.8) is 0 Å². The number of carbonyl (C=O) groups is 2. The molecule has 0 saturated carbocycles. The molecule has 0 unspecified atom stereocenters. The highest BCUT2D eigenvalue weighted by atomic mass is 32.2. The number of rotatable bonds is 9. The van der Waals surface area contributed by atoms with E-state index in [9.17, 15) is 9.59 Å². The molecule has 0 saturated heterocycles. The van der Waals surface area contributed by atoms with Crippen LogP contribution in [0.4, 0.5) is 0 Å². The molecule has 1 aromatic carbocycles. The van der Waals surface area contributed by atoms with Crippen molar-refractivity contribution in [2.24, 2.45) is 0 Å². The van der Waals surface area contributed by atoms with Crippen molar-refractivity contribution >= 4 is 29.1 Å². The lowest BCUT2D eigenvalue weighted by Gasteiger charge is -2.16. The zero-order valence-corrected chi connectivity index (χ0v) is 16.9. The van der Waals surface area contributed by atoms with Gasteiger partial charge in [-0.05, 0) is 51.1 Å². The average Bonchev–Trinajstić information content (AvgIpc) is 2.80. The summed E-state index contributed by atoms with van der Waals surface area (Å²) in [5.74, 6) is 0.985. The molecule has 0 aliphatic carbocycles. The van der Waals surface area contributed by atoms with Crippen LogP contribution < -0.4 is 4.74 Å². The van der Waals surface area contributed by atoms with E-state index in [0.29, 0.717) is 17.1 Å². The third kappa shape index (κ3) is 4.89. The van der Waals surface area contributed by atoms with E-state index in [4.69, 9.17) is 9.47 Å². The first-order valence-electron chi connectivity index (χ1n) is 8.97. The Morgan fingerprint density at radius 3 is 2.19 bits per heavy atom. The zero-order chi connectivity index (χ0) is 19.3. The number of hydrogen-bond donors (Lipinski definition) is 0. The second-order valence-electron chi connectivity index (χ2n) is 6.51. The highest BCUT2D eigenvalue weighted by Gasteiger charge is 2.38. The number of hydrogen-bond acceptors (Lipinski definition) is 5. The van der Waals surface area contributed by atoms with Crippen molar-refractivity contribution in [2.75, 3.05) is 18.9 Å². The molecule has 2 rings (SSSR count). The normalized spacial score (nSPS) is 15.0. The molecule has 5 nitrogen and oxygen atoms in total. The van der Waals surface area contributed by atoms with E-state index >= 15 is 0 Å². The van der Waals surface area contributed by atoms with Gasteiger partial charge >= 0.3 is 0 Å². The maximum atomic E-state index is 12.9. The summed E-state index contributed by atoms with van der Waals surface area (Å²) in [7, 11) is 0. The van der Waals surface area contributed by atoms with Gasteiger partial charge in [0, 0.05) is 0 Å². The van der Waals surface area contributed by atoms with Gasteiger partial charge in [-0.1, -0.05) is 19.1 Å². The van der Waals surface area contributed by atoms with Crippen LogP contribution in [0.25, 0.3) is 5.57 Å². The minimum atomic E-state index is -0.254. The number of amides is 2. The molecule has 0 bridgehead atoms. The number of imide groups is 1. The summed E-state index contributed by atoms with van der Waals surface area (Å²) < 4.78 is 11.2. The van der Waals surface area contributed by atoms with Crippen LogP contribution in [0.5, 0.6) is 5.75 Å². The highest BCUT2D eigenvalue weighted by molar-refractivity contribution is 8.04. The fraction of sp³-hybridized carbons (Fsp3) is 0.500. The van der Waals surface area contributed by atoms with Gasteiger partial charge in [0.25, 0.3) is 11.8 Å². The lowest BCUT2D eigenvalue weighted by Crippen LogP contribution is -2.35. The van der Waals surface area contributed by atoms with Gasteiger partial charge in [0.05, 0.1) is 35.8 Å². The first kappa shape index (κ1) is 20.5. The Kier molecular flexibility index (Phi) is 7.29. The third-order valence-corrected chi connectivity index (χ3v) is 4.65. The topological polar surface area (TPSA) is 55.8 Å². The van der Waals surface area contributed by atoms with Crippen molar-refractivity contribution in [3.05, 3.63) is 34.7 Å². The number of benzene rings is 1. The minimum absolute atomic E-state index is 0.0632. The molecule has 0 spiro atoms. The number of carbonyl (C=O) groups excluding carboxylic acids is 2. The minimum Gasteiger partial charge on any atom is -0.491 e. The molecular formula is C20H27NO4S. The third-order valence-electron chi connectivity index (χ3n) is 3.70. The number of thioether (sulfide) groups is 1. The molecule has 1 aliphatic heterocycles. The Balaban J connectivity index is 2.25. The number of ether oxygens (including phenoxy) is 2. The molecule has 142 valence electrons. The highest BCUT2D eigenvalue weighted by Crippen LogP contribution is 2.36. The van der Waals surface area contributed by atoms with Crippen LogP contribution in [-0.4, -0.2) is 47.8 Å². The van der Waals surface area contributed by atoms with Gasteiger partial charge in [0.1, 0.15) is 5.75 Å². The van der Waals surface area contributed by atoms with Gasteiger partial charge in [0.2, 0.25) is 0 Å². The maximum Gasteiger partial charge on any atom is 0.268 e. The lowest BCUT2D eigenvalue weighted by molar-refractivity contribution is -0.137. The van der Waals surface area contributed by atoms with Crippen LogP contribution in [0.15, 0.2) is 29.2 Å². The van der Waals surface area contributed by atoms with Crippen molar-refractivity contribution in [1.29, 1.82) is 0 Å². The summed E-state index contributed by atoms with van der Waals surface area (Å²) >= 11 is 1.41. The largest absolute Gasteiger partial charge is 0.491 e. The van der Waals surface area contributed by atoms with E-state index in [0.717, 1.165) is 17.1 Å². The molecule has 0 fully saturated rings. The Hall–Kier alpha value is -1.79. The average molecular weight is 378 g/mol. The maximum absolute atomic E-state index is 12.9. The Bertz CT molecular complexity index is 680. The van der Waals surface area contributed by atoms with E-state index in [1.165, 1.54) is 16.7 Å². The fourth-order valence-corrected chi connectivity index (χ4v) is 3.51. The van der Waals surface area contributed by atoms with Crippen LogP contribution in [-0.2, 0) is 14.3 Å². The summed E-state index contributed by atoms with van der Waals surface area (Å²) in [6.45, 7) is 10.4. The van der Waals surface area contributed by atoms with E-state index in [1.54, 1.807) is 0 Å². The van der Waals surface area contributed by atoms with Crippen molar-refractivity contribution in [1.82, 2.24) is 4.90 Å². The molecular weight excluding hydrogens is 350 g/mol. The van der Waals surface area contributed by atoms with E-state index in [-0.39, 0.29) is 30.6 Å². The van der Waals surface area contributed by atoms with Gasteiger partial charge in [-0.25, -0.2) is 0 Å². The Labute approximate surface area is 159 Å². The van der Waals surface area contributed by atoms with Gasteiger partial charge in [-0.3, -0.25) is 14.5 Å². The molecule has 6 heteroatoms. The molecule has 0 atom stereocenters. The van der Waals surface area contributed by atoms with Crippen LogP contribution in [0.2, 0.25) is 0 Å². The second kappa shape index (κ2) is 9.24. The summed E-state index contributed by atoms with van der Waals surface area (Å²) in [5.41, 5.74) is 1.21. The molecule has 1 heterocycles. The zero-order valence-electron chi connectivity index (χ0n) is 16.1. The molecule has 0 aromatic heterocycles. The standard InChI is InChI=1S/C20H27NO4S/c1-6-26-18-17(15-7-9-16(10-8-15)25-14(4)5)19(22)21(20(18)23)11-12-24-13(2)3/h7-10,13-14H,6,11-12H2,1-5H3. The van der Waals surface area contributed by atoms with E-state index < -0.39 is 0 Å². The predicted octanol–water partition coefficient (Wildman–Crippen LogP) is 3.73. The first-order chi connectivity index (χ1) is 12.3. The van der Waals surface area contributed by atoms with Crippen molar-refractivity contribution in [2.45, 2.75) is 46.8 Å². The van der Waals surface area contributed by atoms with Crippen molar-refractivity contribution < 1.29 is 19.1 Å². The Morgan fingerprint density at radius 2 is 1.65 bits per heavy atom. The van der Waals surface area contributed by atoms with Crippen LogP contribution in [0.3, 0.4) is 0 Å². The smallest absolute Gasteiger partial charge is 0.268 e. The number of nitrogens with zero attached hydrogens (tertiary/aromatic N) is 1. The van der Waals surface area contributed by atoms with E-state index in [1.807, 2.05) is 58.9 Å². The molecule has 0 N–H and O–H groups in total. The van der Waals surface area contributed by atoms with Gasteiger partial charge < -0.3 is 9.47 Å². The molecule has 2 amide bonds. The van der Waals surface area contributed by atoms with Gasteiger partial charge in [-0.2, -0.15) is 0 Å². The SMILES string of the molecule is CCSC1=C(c2ccc(OC(C)C)cc2)C(=O)N(CCOC(C)C)C1=O. The molecule has 1 aliphatic rings. The predicted molar refractivity (Wildman–Crippen MR) is 105 cm³/mol. The fourth-order valence-electron chi connectivity index (χ4n) is 2.64. The lowest BCUT2D eigenvalue weighted by atomic mass is 10.1. The van der Waals surface area contributed by atoms with Crippen LogP contribution in [0, 0.1) is 0 Å². The van der Waals surface area contributed by atoms with Crippen LogP contribution >= 0.6 is 11.8 Å². The monoisotopic (exact) mass is 377 g/mol. The second-order valence-corrected chi connectivity index (χ2v) is 7.78. The van der Waals surface area contributed by atoms with Crippen molar-refractivity contribution in [3.8, 4) is 5.75 Å². The summed E-state index contributed by atoms with van der Waals surface area (Å²) in [6.07, 6.45) is 0.144. The molecule has 1 aromatic rings. The van der Waals surface area contributed by atoms with Gasteiger partial charge in [0.15, 0.2) is 0 Å². The molecule has 0 radical (unpaired) electrons.